The van der Waals surface area contributed by atoms with Crippen molar-refractivity contribution in [3.63, 3.8) is 0 Å². The molecule has 1 aliphatic carbocycles. The molecule has 18 heavy (non-hydrogen) atoms. The van der Waals surface area contributed by atoms with Crippen molar-refractivity contribution in [3.05, 3.63) is 28.2 Å². The Kier molecular flexibility index (Phi) is 3.56. The average molecular weight is 321 g/mol. The average Bonchev–Trinajstić information content (AvgIpc) is 2.28. The number of carbonyl (C=O) groups is 1. The lowest BCUT2D eigenvalue weighted by Gasteiger charge is -2.35. The van der Waals surface area contributed by atoms with Gasteiger partial charge in [-0.2, -0.15) is 0 Å². The van der Waals surface area contributed by atoms with Gasteiger partial charge in [-0.15, -0.1) is 0 Å². The van der Waals surface area contributed by atoms with Crippen LogP contribution in [0.5, 0.6) is 5.75 Å². The minimum Gasteiger partial charge on any atom is -0.489 e. The summed E-state index contributed by atoms with van der Waals surface area (Å²) in [6.45, 7) is 0. The highest BCUT2D eigenvalue weighted by molar-refractivity contribution is 9.10. The van der Waals surface area contributed by atoms with E-state index in [-0.39, 0.29) is 12.8 Å². The molecule has 0 bridgehead atoms. The number of esters is 1. The van der Waals surface area contributed by atoms with Crippen molar-refractivity contribution in [1.29, 1.82) is 0 Å². The van der Waals surface area contributed by atoms with Gasteiger partial charge in [0.25, 0.3) is 5.92 Å². The minimum absolute atomic E-state index is 0.266. The lowest BCUT2D eigenvalue weighted by molar-refractivity contribution is -0.134. The van der Waals surface area contributed by atoms with Crippen LogP contribution in [-0.4, -0.2) is 25.1 Å². The van der Waals surface area contributed by atoms with Gasteiger partial charge in [-0.25, -0.2) is 13.6 Å². The van der Waals surface area contributed by atoms with Gasteiger partial charge in [0.05, 0.1) is 17.1 Å². The standard InChI is InChI=1S/C12H11BrF2O3/c1-17-11(16)7-2-3-10(9(13)4-7)18-8-5-12(14,15)6-8/h2-4,8H,5-6H2,1H3. The molecule has 0 amide bonds. The molecule has 1 fully saturated rings. The van der Waals surface area contributed by atoms with E-state index >= 15 is 0 Å². The third-order valence-electron chi connectivity index (χ3n) is 2.70. The molecule has 1 aliphatic rings. The Morgan fingerprint density at radius 1 is 1.44 bits per heavy atom. The predicted molar refractivity (Wildman–Crippen MR) is 64.1 cm³/mol. The van der Waals surface area contributed by atoms with Gasteiger partial charge in [0.15, 0.2) is 0 Å². The number of carbonyl (C=O) groups excluding carboxylic acids is 1. The van der Waals surface area contributed by atoms with Crippen molar-refractivity contribution in [2.24, 2.45) is 0 Å². The van der Waals surface area contributed by atoms with E-state index in [4.69, 9.17) is 4.74 Å². The second-order valence-corrected chi connectivity index (χ2v) is 5.00. The Bertz CT molecular complexity index is 468. The highest BCUT2D eigenvalue weighted by atomic mass is 79.9. The maximum absolute atomic E-state index is 12.7. The van der Waals surface area contributed by atoms with Gasteiger partial charge in [-0.1, -0.05) is 0 Å². The predicted octanol–water partition coefficient (Wildman–Crippen LogP) is 3.41. The number of alkyl halides is 2. The highest BCUT2D eigenvalue weighted by Gasteiger charge is 2.47. The zero-order valence-electron chi connectivity index (χ0n) is 9.58. The molecular weight excluding hydrogens is 310 g/mol. The van der Waals surface area contributed by atoms with Crippen LogP contribution in [-0.2, 0) is 4.74 Å². The molecule has 1 saturated carbocycles. The minimum atomic E-state index is -2.61. The Balaban J connectivity index is 2.04. The summed E-state index contributed by atoms with van der Waals surface area (Å²) < 4.78 is 35.8. The van der Waals surface area contributed by atoms with E-state index in [0.717, 1.165) is 0 Å². The van der Waals surface area contributed by atoms with Gasteiger partial charge in [0.1, 0.15) is 11.9 Å². The van der Waals surface area contributed by atoms with Gasteiger partial charge >= 0.3 is 5.97 Å². The van der Waals surface area contributed by atoms with Crippen LogP contribution in [0.25, 0.3) is 0 Å². The summed E-state index contributed by atoms with van der Waals surface area (Å²) in [6, 6.07) is 4.63. The van der Waals surface area contributed by atoms with Gasteiger partial charge in [-0.3, -0.25) is 0 Å². The second-order valence-electron chi connectivity index (χ2n) is 4.14. The Hall–Kier alpha value is -1.17. The van der Waals surface area contributed by atoms with E-state index in [9.17, 15) is 13.6 Å². The number of halogens is 3. The van der Waals surface area contributed by atoms with Crippen LogP contribution in [0.1, 0.15) is 23.2 Å². The molecule has 0 heterocycles. The van der Waals surface area contributed by atoms with E-state index in [1.165, 1.54) is 19.2 Å². The monoisotopic (exact) mass is 320 g/mol. The molecule has 6 heteroatoms. The summed E-state index contributed by atoms with van der Waals surface area (Å²) in [4.78, 5) is 11.3. The number of hydrogen-bond acceptors (Lipinski definition) is 3. The first-order valence-corrected chi connectivity index (χ1v) is 6.13. The van der Waals surface area contributed by atoms with E-state index in [1.54, 1.807) is 6.07 Å². The topological polar surface area (TPSA) is 35.5 Å². The molecule has 3 nitrogen and oxygen atoms in total. The van der Waals surface area contributed by atoms with Crippen LogP contribution in [0.4, 0.5) is 8.78 Å². The molecule has 0 N–H and O–H groups in total. The molecule has 2 rings (SSSR count). The molecule has 1 aromatic rings. The zero-order valence-corrected chi connectivity index (χ0v) is 11.2. The smallest absolute Gasteiger partial charge is 0.337 e. The first-order valence-electron chi connectivity index (χ1n) is 5.33. The van der Waals surface area contributed by atoms with Gasteiger partial charge in [0.2, 0.25) is 0 Å². The van der Waals surface area contributed by atoms with E-state index < -0.39 is 18.0 Å². The first kappa shape index (κ1) is 13.3. The number of hydrogen-bond donors (Lipinski definition) is 0. The lowest BCUT2D eigenvalue weighted by Crippen LogP contribution is -2.43. The van der Waals surface area contributed by atoms with Crippen molar-refractivity contribution in [3.8, 4) is 5.75 Å². The fourth-order valence-corrected chi connectivity index (χ4v) is 2.18. The molecule has 0 aromatic heterocycles. The van der Waals surface area contributed by atoms with Crippen molar-refractivity contribution < 1.29 is 23.0 Å². The van der Waals surface area contributed by atoms with Gasteiger partial charge < -0.3 is 9.47 Å². The molecular formula is C12H11BrF2O3. The third kappa shape index (κ3) is 2.80. The molecule has 0 unspecified atom stereocenters. The van der Waals surface area contributed by atoms with Crippen LogP contribution < -0.4 is 4.74 Å². The van der Waals surface area contributed by atoms with E-state index in [1.807, 2.05) is 0 Å². The Morgan fingerprint density at radius 3 is 2.61 bits per heavy atom. The summed E-state index contributed by atoms with van der Waals surface area (Å²) >= 11 is 3.23. The summed E-state index contributed by atoms with van der Waals surface area (Å²) in [5.41, 5.74) is 0.371. The second kappa shape index (κ2) is 4.84. The fourth-order valence-electron chi connectivity index (χ4n) is 1.71. The van der Waals surface area contributed by atoms with Crippen molar-refractivity contribution >= 4 is 21.9 Å². The normalized spacial score (nSPS) is 18.0. The number of ether oxygens (including phenoxy) is 2. The Labute approximate surface area is 111 Å². The largest absolute Gasteiger partial charge is 0.489 e. The number of benzene rings is 1. The molecule has 0 saturated heterocycles. The Morgan fingerprint density at radius 2 is 2.11 bits per heavy atom. The summed E-state index contributed by atoms with van der Waals surface area (Å²) in [7, 11) is 1.29. The SMILES string of the molecule is COC(=O)c1ccc(OC2CC(F)(F)C2)c(Br)c1. The van der Waals surface area contributed by atoms with E-state index in [0.29, 0.717) is 15.8 Å². The van der Waals surface area contributed by atoms with Crippen LogP contribution >= 0.6 is 15.9 Å². The zero-order chi connectivity index (χ0) is 13.3. The summed E-state index contributed by atoms with van der Waals surface area (Å²) in [5.74, 6) is -2.62. The van der Waals surface area contributed by atoms with Crippen molar-refractivity contribution in [2.45, 2.75) is 24.9 Å². The molecule has 0 radical (unpaired) electrons. The number of methoxy groups -OCH3 is 1. The third-order valence-corrected chi connectivity index (χ3v) is 3.32. The maximum atomic E-state index is 12.7. The molecule has 98 valence electrons. The highest BCUT2D eigenvalue weighted by Crippen LogP contribution is 2.41. The lowest BCUT2D eigenvalue weighted by atomic mass is 9.91. The van der Waals surface area contributed by atoms with Crippen LogP contribution in [0.2, 0.25) is 0 Å². The van der Waals surface area contributed by atoms with Crippen LogP contribution in [0.15, 0.2) is 22.7 Å². The quantitative estimate of drug-likeness (QED) is 0.801. The van der Waals surface area contributed by atoms with Crippen LogP contribution in [0.3, 0.4) is 0 Å². The maximum Gasteiger partial charge on any atom is 0.337 e. The summed E-state index contributed by atoms with van der Waals surface area (Å²) in [6.07, 6.45) is -1.00. The molecule has 0 aliphatic heterocycles. The number of rotatable bonds is 3. The van der Waals surface area contributed by atoms with Crippen molar-refractivity contribution in [2.75, 3.05) is 7.11 Å². The fraction of sp³-hybridized carbons (Fsp3) is 0.417. The molecule has 1 aromatic carbocycles. The van der Waals surface area contributed by atoms with Crippen LogP contribution in [0, 0.1) is 0 Å². The van der Waals surface area contributed by atoms with Crippen molar-refractivity contribution in [1.82, 2.24) is 0 Å². The summed E-state index contributed by atoms with van der Waals surface area (Å²) in [5, 5.41) is 0. The molecule has 0 atom stereocenters. The van der Waals surface area contributed by atoms with Gasteiger partial charge in [-0.05, 0) is 34.1 Å². The first-order chi connectivity index (χ1) is 8.41. The van der Waals surface area contributed by atoms with Gasteiger partial charge in [0, 0.05) is 12.8 Å². The van der Waals surface area contributed by atoms with E-state index in [2.05, 4.69) is 20.7 Å². The molecule has 0 spiro atoms.